The van der Waals surface area contributed by atoms with Crippen LogP contribution in [0.3, 0.4) is 0 Å². The van der Waals surface area contributed by atoms with Gasteiger partial charge in [0.15, 0.2) is 0 Å². The number of esters is 1. The molecule has 6 heteroatoms. The molecule has 0 N–H and O–H groups in total. The third-order valence-corrected chi connectivity index (χ3v) is 4.33. The van der Waals surface area contributed by atoms with Crippen LogP contribution in [0.1, 0.15) is 28.8 Å². The molecule has 0 spiro atoms. The van der Waals surface area contributed by atoms with E-state index in [1.165, 1.54) is 0 Å². The highest BCUT2D eigenvalue weighted by atomic mass is 16.5. The van der Waals surface area contributed by atoms with Crippen molar-refractivity contribution in [2.75, 3.05) is 25.7 Å². The molecular formula is C20H21NO5. The molecular weight excluding hydrogens is 334 g/mol. The smallest absolute Gasteiger partial charge is 0.340 e. The Balaban J connectivity index is 1.78. The Morgan fingerprint density at radius 1 is 1.12 bits per heavy atom. The second-order valence-electron chi connectivity index (χ2n) is 5.92. The van der Waals surface area contributed by atoms with Crippen molar-refractivity contribution in [2.45, 2.75) is 19.4 Å². The lowest BCUT2D eigenvalue weighted by Gasteiger charge is -2.19. The van der Waals surface area contributed by atoms with Gasteiger partial charge in [0.2, 0.25) is 5.91 Å². The van der Waals surface area contributed by atoms with Crippen LogP contribution in [0.25, 0.3) is 0 Å². The van der Waals surface area contributed by atoms with Crippen LogP contribution in [0.2, 0.25) is 0 Å². The molecule has 2 aromatic carbocycles. The Labute approximate surface area is 152 Å². The van der Waals surface area contributed by atoms with Crippen LogP contribution in [-0.2, 0) is 16.1 Å². The molecule has 1 aliphatic rings. The molecule has 1 saturated heterocycles. The molecule has 0 bridgehead atoms. The first kappa shape index (κ1) is 17.8. The normalized spacial score (nSPS) is 13.6. The molecule has 0 aromatic heterocycles. The SMILES string of the molecule is COc1ccc(OC)c(COC(=O)c2ccccc2N2CCCC2=O)c1. The number of benzene rings is 2. The van der Waals surface area contributed by atoms with Gasteiger partial charge in [-0.15, -0.1) is 0 Å². The molecule has 1 amide bonds. The highest BCUT2D eigenvalue weighted by Crippen LogP contribution is 2.28. The summed E-state index contributed by atoms with van der Waals surface area (Å²) in [6.07, 6.45) is 1.30. The van der Waals surface area contributed by atoms with Gasteiger partial charge in [0.05, 0.1) is 25.5 Å². The molecule has 0 atom stereocenters. The maximum Gasteiger partial charge on any atom is 0.340 e. The number of para-hydroxylation sites is 1. The first-order chi connectivity index (χ1) is 12.6. The number of methoxy groups -OCH3 is 2. The molecule has 1 aliphatic heterocycles. The van der Waals surface area contributed by atoms with Crippen LogP contribution >= 0.6 is 0 Å². The van der Waals surface area contributed by atoms with Gasteiger partial charge in [-0.25, -0.2) is 4.79 Å². The fourth-order valence-electron chi connectivity index (χ4n) is 3.00. The van der Waals surface area contributed by atoms with E-state index < -0.39 is 5.97 Å². The summed E-state index contributed by atoms with van der Waals surface area (Å²) in [4.78, 5) is 26.3. The zero-order valence-corrected chi connectivity index (χ0v) is 14.9. The Kier molecular flexibility index (Phi) is 5.41. The average molecular weight is 355 g/mol. The summed E-state index contributed by atoms with van der Waals surface area (Å²) in [5.41, 5.74) is 1.68. The Hall–Kier alpha value is -3.02. The minimum atomic E-state index is -0.481. The third kappa shape index (κ3) is 3.64. The number of carbonyl (C=O) groups excluding carboxylic acids is 2. The second kappa shape index (κ2) is 7.91. The van der Waals surface area contributed by atoms with Gasteiger partial charge in [0, 0.05) is 18.5 Å². The van der Waals surface area contributed by atoms with Crippen molar-refractivity contribution in [1.29, 1.82) is 0 Å². The van der Waals surface area contributed by atoms with E-state index in [0.717, 1.165) is 6.42 Å². The third-order valence-electron chi connectivity index (χ3n) is 4.33. The number of nitrogens with zero attached hydrogens (tertiary/aromatic N) is 1. The predicted molar refractivity (Wildman–Crippen MR) is 96.7 cm³/mol. The molecule has 0 saturated carbocycles. The molecule has 6 nitrogen and oxygen atoms in total. The summed E-state index contributed by atoms with van der Waals surface area (Å²) in [5, 5.41) is 0. The monoisotopic (exact) mass is 355 g/mol. The molecule has 0 unspecified atom stereocenters. The lowest BCUT2D eigenvalue weighted by molar-refractivity contribution is -0.117. The Morgan fingerprint density at radius 3 is 2.62 bits per heavy atom. The minimum absolute atomic E-state index is 0.0275. The largest absolute Gasteiger partial charge is 0.497 e. The Bertz CT molecular complexity index is 818. The fraction of sp³-hybridized carbons (Fsp3) is 0.300. The van der Waals surface area contributed by atoms with Crippen molar-refractivity contribution in [1.82, 2.24) is 0 Å². The van der Waals surface area contributed by atoms with Crippen LogP contribution in [0.5, 0.6) is 11.5 Å². The van der Waals surface area contributed by atoms with E-state index in [4.69, 9.17) is 14.2 Å². The van der Waals surface area contributed by atoms with Gasteiger partial charge in [-0.2, -0.15) is 0 Å². The van der Waals surface area contributed by atoms with E-state index >= 15 is 0 Å². The highest BCUT2D eigenvalue weighted by Gasteiger charge is 2.26. The zero-order valence-electron chi connectivity index (χ0n) is 14.9. The van der Waals surface area contributed by atoms with Gasteiger partial charge < -0.3 is 19.1 Å². The molecule has 1 fully saturated rings. The molecule has 136 valence electrons. The second-order valence-corrected chi connectivity index (χ2v) is 5.92. The van der Waals surface area contributed by atoms with Crippen LogP contribution in [-0.4, -0.2) is 32.6 Å². The van der Waals surface area contributed by atoms with Gasteiger partial charge in [-0.1, -0.05) is 12.1 Å². The highest BCUT2D eigenvalue weighted by molar-refractivity contribution is 6.03. The number of hydrogen-bond donors (Lipinski definition) is 0. The van der Waals surface area contributed by atoms with Gasteiger partial charge >= 0.3 is 5.97 Å². The standard InChI is InChI=1S/C20H21NO5/c1-24-15-9-10-18(25-2)14(12-15)13-26-20(23)16-6-3-4-7-17(16)21-11-5-8-19(21)22/h3-4,6-7,9-10,12H,5,8,11,13H2,1-2H3. The average Bonchev–Trinajstić information content (AvgIpc) is 3.11. The zero-order chi connectivity index (χ0) is 18.5. The summed E-state index contributed by atoms with van der Waals surface area (Å²) < 4.78 is 16.0. The molecule has 0 aliphatic carbocycles. The van der Waals surface area contributed by atoms with Gasteiger partial charge in [0.1, 0.15) is 18.1 Å². The number of rotatable bonds is 6. The number of amides is 1. The van der Waals surface area contributed by atoms with E-state index in [1.807, 2.05) is 6.07 Å². The first-order valence-electron chi connectivity index (χ1n) is 8.41. The number of ether oxygens (including phenoxy) is 3. The quantitative estimate of drug-likeness (QED) is 0.745. The summed E-state index contributed by atoms with van der Waals surface area (Å²) in [7, 11) is 3.13. The van der Waals surface area contributed by atoms with Gasteiger partial charge in [0.25, 0.3) is 0 Å². The summed E-state index contributed by atoms with van der Waals surface area (Å²) >= 11 is 0. The lowest BCUT2D eigenvalue weighted by Crippen LogP contribution is -2.26. The molecule has 0 radical (unpaired) electrons. The van der Waals surface area contributed by atoms with Crippen molar-refractivity contribution >= 4 is 17.6 Å². The van der Waals surface area contributed by atoms with Gasteiger partial charge in [-0.3, -0.25) is 4.79 Å². The van der Waals surface area contributed by atoms with E-state index in [2.05, 4.69) is 0 Å². The molecule has 1 heterocycles. The first-order valence-corrected chi connectivity index (χ1v) is 8.41. The van der Waals surface area contributed by atoms with Crippen molar-refractivity contribution in [2.24, 2.45) is 0 Å². The maximum absolute atomic E-state index is 12.6. The maximum atomic E-state index is 12.6. The van der Waals surface area contributed by atoms with Crippen molar-refractivity contribution < 1.29 is 23.8 Å². The van der Waals surface area contributed by atoms with Crippen LogP contribution < -0.4 is 14.4 Å². The van der Waals surface area contributed by atoms with E-state index in [-0.39, 0.29) is 12.5 Å². The van der Waals surface area contributed by atoms with Crippen LogP contribution in [0.15, 0.2) is 42.5 Å². The van der Waals surface area contributed by atoms with Crippen molar-refractivity contribution in [3.63, 3.8) is 0 Å². The number of carbonyl (C=O) groups is 2. The molecule has 2 aromatic rings. The van der Waals surface area contributed by atoms with E-state index in [0.29, 0.717) is 41.3 Å². The summed E-state index contributed by atoms with van der Waals surface area (Å²) in [5.74, 6) is 0.811. The van der Waals surface area contributed by atoms with Crippen LogP contribution in [0, 0.1) is 0 Å². The summed E-state index contributed by atoms with van der Waals surface area (Å²) in [6, 6.07) is 12.3. The number of hydrogen-bond acceptors (Lipinski definition) is 5. The van der Waals surface area contributed by atoms with Gasteiger partial charge in [-0.05, 0) is 36.8 Å². The lowest BCUT2D eigenvalue weighted by atomic mass is 10.1. The summed E-state index contributed by atoms with van der Waals surface area (Å²) in [6.45, 7) is 0.661. The molecule has 26 heavy (non-hydrogen) atoms. The topological polar surface area (TPSA) is 65.1 Å². The Morgan fingerprint density at radius 2 is 1.92 bits per heavy atom. The number of anilines is 1. The van der Waals surface area contributed by atoms with Crippen molar-refractivity contribution in [3.05, 3.63) is 53.6 Å². The fourth-order valence-corrected chi connectivity index (χ4v) is 3.00. The van der Waals surface area contributed by atoms with E-state index in [9.17, 15) is 9.59 Å². The molecule has 3 rings (SSSR count). The van der Waals surface area contributed by atoms with Crippen molar-refractivity contribution in [3.8, 4) is 11.5 Å². The minimum Gasteiger partial charge on any atom is -0.497 e. The van der Waals surface area contributed by atoms with E-state index in [1.54, 1.807) is 55.5 Å². The predicted octanol–water partition coefficient (Wildman–Crippen LogP) is 3.19. The van der Waals surface area contributed by atoms with Crippen LogP contribution in [0.4, 0.5) is 5.69 Å².